The van der Waals surface area contributed by atoms with Crippen LogP contribution in [0.2, 0.25) is 0 Å². The van der Waals surface area contributed by atoms with Crippen LogP contribution < -0.4 is 5.11 Å². The molecular formula is C26H25O2-. The Kier molecular flexibility index (Phi) is 5.85. The van der Waals surface area contributed by atoms with E-state index < -0.39 is 5.97 Å². The number of carboxylic acid groups (broad SMARTS) is 1. The predicted molar refractivity (Wildman–Crippen MR) is 113 cm³/mol. The van der Waals surface area contributed by atoms with Crippen molar-refractivity contribution in [3.63, 3.8) is 0 Å². The van der Waals surface area contributed by atoms with Crippen molar-refractivity contribution in [1.82, 2.24) is 0 Å². The predicted octanol–water partition coefficient (Wildman–Crippen LogP) is 4.93. The fourth-order valence-corrected chi connectivity index (χ4v) is 3.71. The first-order valence-corrected chi connectivity index (χ1v) is 9.67. The van der Waals surface area contributed by atoms with Crippen LogP contribution in [0, 0.1) is 24.2 Å². The van der Waals surface area contributed by atoms with Crippen LogP contribution in [-0.2, 0) is 0 Å². The van der Waals surface area contributed by atoms with Crippen LogP contribution in [0.15, 0.2) is 66.3 Å². The molecule has 1 aliphatic carbocycles. The summed E-state index contributed by atoms with van der Waals surface area (Å²) in [5.74, 6) is 4.98. The van der Waals surface area contributed by atoms with Gasteiger partial charge in [-0.05, 0) is 78.2 Å². The molecule has 0 amide bonds. The van der Waals surface area contributed by atoms with Crippen molar-refractivity contribution in [3.8, 4) is 11.8 Å². The monoisotopic (exact) mass is 369 g/mol. The molecule has 0 atom stereocenters. The molecule has 0 N–H and O–H groups in total. The zero-order valence-corrected chi connectivity index (χ0v) is 16.7. The lowest BCUT2D eigenvalue weighted by Crippen LogP contribution is -2.21. The Morgan fingerprint density at radius 3 is 2.39 bits per heavy atom. The van der Waals surface area contributed by atoms with Crippen molar-refractivity contribution in [3.05, 3.63) is 88.5 Å². The molecule has 0 saturated carbocycles. The first-order valence-electron chi connectivity index (χ1n) is 9.67. The smallest absolute Gasteiger partial charge is 0.0715 e. The molecule has 28 heavy (non-hydrogen) atoms. The second kappa shape index (κ2) is 8.31. The number of hydrogen-bond acceptors (Lipinski definition) is 2. The van der Waals surface area contributed by atoms with Gasteiger partial charge in [-0.2, -0.15) is 0 Å². The number of carboxylic acids is 1. The summed E-state index contributed by atoms with van der Waals surface area (Å²) in [5.41, 5.74) is 6.39. The van der Waals surface area contributed by atoms with Gasteiger partial charge in [0.15, 0.2) is 0 Å². The second-order valence-corrected chi connectivity index (χ2v) is 7.96. The highest BCUT2D eigenvalue weighted by molar-refractivity contribution is 5.85. The summed E-state index contributed by atoms with van der Waals surface area (Å²) >= 11 is 0. The van der Waals surface area contributed by atoms with E-state index in [2.05, 4.69) is 63.0 Å². The molecule has 0 fully saturated rings. The van der Waals surface area contributed by atoms with Crippen molar-refractivity contribution in [2.24, 2.45) is 5.41 Å². The summed E-state index contributed by atoms with van der Waals surface area (Å²) in [7, 11) is 0. The van der Waals surface area contributed by atoms with E-state index in [0.29, 0.717) is 0 Å². The van der Waals surface area contributed by atoms with Crippen LogP contribution in [0.1, 0.15) is 60.2 Å². The standard InChI is InChI=1S/C26H26O2/c1-19-10-14-21(15-11-19)23-8-6-18-26(2,3)24(23)9-5-4-7-20-12-16-22(17-13-20)25(27)28/h5,9-17H,6,8,18H2,1-3H3,(H,27,28)/p-1/b9-5+. The van der Waals surface area contributed by atoms with E-state index >= 15 is 0 Å². The van der Waals surface area contributed by atoms with Crippen LogP contribution in [0.3, 0.4) is 0 Å². The van der Waals surface area contributed by atoms with Gasteiger partial charge < -0.3 is 9.90 Å². The minimum Gasteiger partial charge on any atom is -0.545 e. The fraction of sp³-hybridized carbons (Fsp3) is 0.269. The molecule has 0 radical (unpaired) electrons. The van der Waals surface area contributed by atoms with Gasteiger partial charge in [0.1, 0.15) is 0 Å². The molecule has 142 valence electrons. The van der Waals surface area contributed by atoms with Crippen molar-refractivity contribution in [1.29, 1.82) is 0 Å². The summed E-state index contributed by atoms with van der Waals surface area (Å²) in [5, 5.41) is 10.8. The van der Waals surface area contributed by atoms with Gasteiger partial charge in [0, 0.05) is 5.56 Å². The Morgan fingerprint density at radius 1 is 1.07 bits per heavy atom. The average molecular weight is 369 g/mol. The number of hydrogen-bond donors (Lipinski definition) is 0. The average Bonchev–Trinajstić information content (AvgIpc) is 2.66. The zero-order valence-electron chi connectivity index (χ0n) is 16.7. The molecule has 1 aliphatic rings. The molecule has 3 rings (SSSR count). The number of carbonyl (C=O) groups is 1. The van der Waals surface area contributed by atoms with Crippen LogP contribution in [0.4, 0.5) is 0 Å². The van der Waals surface area contributed by atoms with Gasteiger partial charge in [0.2, 0.25) is 0 Å². The fourth-order valence-electron chi connectivity index (χ4n) is 3.71. The van der Waals surface area contributed by atoms with Gasteiger partial charge in [-0.25, -0.2) is 0 Å². The van der Waals surface area contributed by atoms with Crippen LogP contribution >= 0.6 is 0 Å². The number of benzene rings is 2. The lowest BCUT2D eigenvalue weighted by Gasteiger charge is -2.34. The maximum Gasteiger partial charge on any atom is 0.0715 e. The molecule has 0 saturated heterocycles. The van der Waals surface area contributed by atoms with Crippen LogP contribution in [0.5, 0.6) is 0 Å². The van der Waals surface area contributed by atoms with Gasteiger partial charge in [-0.1, -0.05) is 67.6 Å². The van der Waals surface area contributed by atoms with E-state index in [0.717, 1.165) is 12.0 Å². The maximum atomic E-state index is 10.8. The Morgan fingerprint density at radius 2 is 1.75 bits per heavy atom. The van der Waals surface area contributed by atoms with E-state index in [1.165, 1.54) is 47.2 Å². The van der Waals surface area contributed by atoms with E-state index in [9.17, 15) is 9.90 Å². The van der Waals surface area contributed by atoms with Crippen molar-refractivity contribution < 1.29 is 9.90 Å². The van der Waals surface area contributed by atoms with E-state index in [1.807, 2.05) is 6.08 Å². The molecule has 0 unspecified atom stereocenters. The Hall–Kier alpha value is -3.05. The topological polar surface area (TPSA) is 40.1 Å². The summed E-state index contributed by atoms with van der Waals surface area (Å²) in [4.78, 5) is 10.8. The number of aryl methyl sites for hydroxylation is 1. The maximum absolute atomic E-state index is 10.8. The van der Waals surface area contributed by atoms with E-state index in [1.54, 1.807) is 12.1 Å². The summed E-state index contributed by atoms with van der Waals surface area (Å²) in [6.07, 6.45) is 7.51. The Balaban J connectivity index is 1.88. The third-order valence-corrected chi connectivity index (χ3v) is 5.35. The number of allylic oxidation sites excluding steroid dienone is 4. The first kappa shape index (κ1) is 19.7. The lowest BCUT2D eigenvalue weighted by molar-refractivity contribution is -0.255. The number of carbonyl (C=O) groups excluding carboxylic acids is 1. The SMILES string of the molecule is Cc1ccc(C2=C(/C=C/C#Cc3ccc(C(=O)[O-])cc3)C(C)(C)CCC2)cc1. The largest absolute Gasteiger partial charge is 0.545 e. The molecule has 2 aromatic rings. The normalized spacial score (nSPS) is 16.0. The van der Waals surface area contributed by atoms with Crippen molar-refractivity contribution in [2.75, 3.05) is 0 Å². The van der Waals surface area contributed by atoms with Gasteiger partial charge in [-0.3, -0.25) is 0 Å². The molecule has 0 aromatic heterocycles. The van der Waals surface area contributed by atoms with Crippen molar-refractivity contribution >= 4 is 11.5 Å². The summed E-state index contributed by atoms with van der Waals surface area (Å²) in [6, 6.07) is 15.2. The molecule has 0 heterocycles. The van der Waals surface area contributed by atoms with Gasteiger partial charge in [-0.15, -0.1) is 0 Å². The van der Waals surface area contributed by atoms with Gasteiger partial charge in [0.25, 0.3) is 0 Å². The Labute approximate surface area is 167 Å². The first-order chi connectivity index (χ1) is 13.4. The molecule has 0 spiro atoms. The molecule has 2 nitrogen and oxygen atoms in total. The third kappa shape index (κ3) is 4.61. The minimum atomic E-state index is -1.17. The van der Waals surface area contributed by atoms with Crippen LogP contribution in [0.25, 0.3) is 5.57 Å². The second-order valence-electron chi connectivity index (χ2n) is 7.96. The Bertz CT molecular complexity index is 975. The highest BCUT2D eigenvalue weighted by Gasteiger charge is 2.28. The van der Waals surface area contributed by atoms with E-state index in [4.69, 9.17) is 0 Å². The van der Waals surface area contributed by atoms with Gasteiger partial charge in [0.05, 0.1) is 5.97 Å². The lowest BCUT2D eigenvalue weighted by atomic mass is 9.71. The van der Waals surface area contributed by atoms with Gasteiger partial charge >= 0.3 is 0 Å². The molecule has 0 aliphatic heterocycles. The molecule has 0 bridgehead atoms. The molecular weight excluding hydrogens is 344 g/mol. The number of rotatable bonds is 3. The minimum absolute atomic E-state index is 0.118. The molecule has 2 heteroatoms. The van der Waals surface area contributed by atoms with Crippen LogP contribution in [-0.4, -0.2) is 5.97 Å². The van der Waals surface area contributed by atoms with E-state index in [-0.39, 0.29) is 11.0 Å². The summed E-state index contributed by atoms with van der Waals surface area (Å²) in [6.45, 7) is 6.71. The molecule has 2 aromatic carbocycles. The zero-order chi connectivity index (χ0) is 20.1. The highest BCUT2D eigenvalue weighted by Crippen LogP contribution is 2.44. The third-order valence-electron chi connectivity index (χ3n) is 5.35. The highest BCUT2D eigenvalue weighted by atomic mass is 16.4. The van der Waals surface area contributed by atoms with Crippen molar-refractivity contribution in [2.45, 2.75) is 40.0 Å². The quantitative estimate of drug-likeness (QED) is 0.720. The number of aromatic carboxylic acids is 1. The summed E-state index contributed by atoms with van der Waals surface area (Å²) < 4.78 is 0.